The van der Waals surface area contributed by atoms with E-state index in [9.17, 15) is 9.00 Å². The Kier molecular flexibility index (Phi) is 5.48. The number of aromatic nitrogens is 3. The molecular weight excluding hydrogens is 312 g/mol. The van der Waals surface area contributed by atoms with Crippen molar-refractivity contribution in [3.8, 4) is 10.6 Å². The maximum Gasteiger partial charge on any atom is 0.228 e. The van der Waals surface area contributed by atoms with Gasteiger partial charge in [0.2, 0.25) is 11.0 Å². The van der Waals surface area contributed by atoms with E-state index in [1.807, 2.05) is 6.07 Å². The molecular formula is C12H14N4O3S2. The number of anilines is 1. The Bertz CT molecular complexity index is 632. The van der Waals surface area contributed by atoms with Gasteiger partial charge in [0, 0.05) is 37.2 Å². The molecule has 0 aliphatic rings. The molecule has 7 nitrogen and oxygen atoms in total. The molecule has 9 heteroatoms. The van der Waals surface area contributed by atoms with Gasteiger partial charge >= 0.3 is 0 Å². The molecule has 2 heterocycles. The van der Waals surface area contributed by atoms with Crippen LogP contribution in [0.25, 0.3) is 10.6 Å². The monoisotopic (exact) mass is 326 g/mol. The van der Waals surface area contributed by atoms with E-state index in [0.717, 1.165) is 5.56 Å². The van der Waals surface area contributed by atoms with Gasteiger partial charge in [-0.1, -0.05) is 11.3 Å². The molecule has 0 fully saturated rings. The molecule has 2 aromatic heterocycles. The Balaban J connectivity index is 2.00. The average Bonchev–Trinajstić information content (AvgIpc) is 2.96. The summed E-state index contributed by atoms with van der Waals surface area (Å²) < 4.78 is 19.2. The zero-order valence-electron chi connectivity index (χ0n) is 11.3. The van der Waals surface area contributed by atoms with Gasteiger partial charge in [0.25, 0.3) is 0 Å². The van der Waals surface area contributed by atoms with Crippen molar-refractivity contribution < 1.29 is 13.6 Å². The van der Waals surface area contributed by atoms with Crippen molar-refractivity contribution in [3.63, 3.8) is 0 Å². The third-order valence-electron chi connectivity index (χ3n) is 2.69. The third kappa shape index (κ3) is 4.38. The van der Waals surface area contributed by atoms with Crippen molar-refractivity contribution in [1.29, 1.82) is 0 Å². The normalized spacial score (nSPS) is 12.1. The zero-order valence-corrected chi connectivity index (χ0v) is 12.9. The van der Waals surface area contributed by atoms with Crippen molar-refractivity contribution in [1.82, 2.24) is 15.2 Å². The number of carbonyl (C=O) groups is 1. The van der Waals surface area contributed by atoms with Crippen molar-refractivity contribution in [2.45, 2.75) is 12.8 Å². The van der Waals surface area contributed by atoms with Crippen LogP contribution >= 0.6 is 11.3 Å². The smallest absolute Gasteiger partial charge is 0.228 e. The summed E-state index contributed by atoms with van der Waals surface area (Å²) in [5.74, 6) is -0.0641. The van der Waals surface area contributed by atoms with Gasteiger partial charge in [0.1, 0.15) is 0 Å². The van der Waals surface area contributed by atoms with Crippen LogP contribution in [0, 0.1) is 0 Å². The number of hydrogen-bond acceptors (Lipinski definition) is 6. The van der Waals surface area contributed by atoms with Gasteiger partial charge in [-0.15, -0.1) is 10.2 Å². The molecule has 0 aliphatic heterocycles. The molecule has 21 heavy (non-hydrogen) atoms. The minimum Gasteiger partial charge on any atom is -0.306 e. The highest BCUT2D eigenvalue weighted by Crippen LogP contribution is 2.27. The fraction of sp³-hybridized carbons (Fsp3) is 0.333. The van der Waals surface area contributed by atoms with E-state index in [1.165, 1.54) is 16.2 Å². The summed E-state index contributed by atoms with van der Waals surface area (Å²) in [6.45, 7) is 0. The van der Waals surface area contributed by atoms with Crippen LogP contribution in [-0.4, -0.2) is 42.7 Å². The van der Waals surface area contributed by atoms with Gasteiger partial charge in [-0.05, 0) is 18.6 Å². The van der Waals surface area contributed by atoms with E-state index < -0.39 is 11.1 Å². The second kappa shape index (κ2) is 7.34. The van der Waals surface area contributed by atoms with E-state index >= 15 is 0 Å². The third-order valence-corrected chi connectivity index (χ3v) is 4.38. The molecule has 0 radical (unpaired) electrons. The lowest BCUT2D eigenvalue weighted by Gasteiger charge is -2.12. The Morgan fingerprint density at radius 1 is 1.48 bits per heavy atom. The molecule has 0 spiro atoms. The quantitative estimate of drug-likeness (QED) is 0.809. The van der Waals surface area contributed by atoms with Crippen molar-refractivity contribution in [3.05, 3.63) is 24.5 Å². The van der Waals surface area contributed by atoms with Gasteiger partial charge in [-0.2, -0.15) is 0 Å². The lowest BCUT2D eigenvalue weighted by Crippen LogP contribution is -2.26. The highest BCUT2D eigenvalue weighted by Gasteiger charge is 2.16. The molecule has 1 N–H and O–H groups in total. The Hall–Kier alpha value is -1.71. The molecule has 112 valence electrons. The molecule has 1 unspecified atom stereocenters. The predicted octanol–water partition coefficient (Wildman–Crippen LogP) is 1.56. The van der Waals surface area contributed by atoms with Crippen LogP contribution in [0.15, 0.2) is 24.5 Å². The Morgan fingerprint density at radius 2 is 2.29 bits per heavy atom. The zero-order chi connectivity index (χ0) is 15.2. The van der Waals surface area contributed by atoms with Gasteiger partial charge < -0.3 is 4.55 Å². The first-order valence-corrected chi connectivity index (χ1v) is 8.25. The molecule has 1 amide bonds. The maximum atomic E-state index is 11.9. The fourth-order valence-corrected chi connectivity index (χ4v) is 2.78. The topological polar surface area (TPSA) is 96.3 Å². The standard InChI is InChI=1S/C12H14N4O3S2/c1-16(10(17)5-3-7-21(18)19)12-15-14-11(20-12)9-4-2-6-13-8-9/h2,4,6,8H,3,5,7H2,1H3,(H,18,19). The SMILES string of the molecule is CN(C(=O)CCCS(=O)O)c1nnc(-c2cccnc2)s1. The average molecular weight is 326 g/mol. The summed E-state index contributed by atoms with van der Waals surface area (Å²) in [4.78, 5) is 17.4. The van der Waals surface area contributed by atoms with Crippen LogP contribution in [-0.2, 0) is 15.9 Å². The van der Waals surface area contributed by atoms with E-state index in [1.54, 1.807) is 25.5 Å². The predicted molar refractivity (Wildman–Crippen MR) is 81.4 cm³/mol. The lowest BCUT2D eigenvalue weighted by molar-refractivity contribution is -0.118. The summed E-state index contributed by atoms with van der Waals surface area (Å²) in [6, 6.07) is 3.68. The number of amides is 1. The summed E-state index contributed by atoms with van der Waals surface area (Å²) in [5.41, 5.74) is 0.845. The van der Waals surface area contributed by atoms with Crippen molar-refractivity contribution in [2.24, 2.45) is 0 Å². The number of pyridine rings is 1. The Morgan fingerprint density at radius 3 is 2.95 bits per heavy atom. The summed E-state index contributed by atoms with van der Waals surface area (Å²) >= 11 is -0.568. The van der Waals surface area contributed by atoms with Crippen LogP contribution in [0.1, 0.15) is 12.8 Å². The lowest BCUT2D eigenvalue weighted by atomic mass is 10.3. The first-order valence-electron chi connectivity index (χ1n) is 6.16. The fourth-order valence-electron chi connectivity index (χ4n) is 1.58. The number of rotatable bonds is 6. The molecule has 2 aromatic rings. The van der Waals surface area contributed by atoms with Gasteiger partial charge in [-0.3, -0.25) is 14.7 Å². The minimum atomic E-state index is -1.86. The number of carbonyl (C=O) groups excluding carboxylic acids is 1. The first-order chi connectivity index (χ1) is 10.1. The van der Waals surface area contributed by atoms with E-state index in [-0.39, 0.29) is 18.1 Å². The molecule has 0 aromatic carbocycles. The van der Waals surface area contributed by atoms with Gasteiger partial charge in [0.05, 0.1) is 0 Å². The van der Waals surface area contributed by atoms with Gasteiger partial charge in [-0.25, -0.2) is 4.21 Å². The highest BCUT2D eigenvalue weighted by atomic mass is 32.2. The molecule has 1 atom stereocenters. The van der Waals surface area contributed by atoms with Crippen molar-refractivity contribution >= 4 is 33.5 Å². The van der Waals surface area contributed by atoms with E-state index in [0.29, 0.717) is 16.6 Å². The largest absolute Gasteiger partial charge is 0.306 e. The maximum absolute atomic E-state index is 11.9. The molecule has 2 rings (SSSR count). The molecule has 0 saturated carbocycles. The number of hydrogen-bond donors (Lipinski definition) is 1. The second-order valence-electron chi connectivity index (χ2n) is 4.21. The van der Waals surface area contributed by atoms with Crippen LogP contribution < -0.4 is 4.90 Å². The summed E-state index contributed by atoms with van der Waals surface area (Å²) in [7, 11) is 1.62. The summed E-state index contributed by atoms with van der Waals surface area (Å²) in [5, 5.41) is 9.22. The van der Waals surface area contributed by atoms with Crippen molar-refractivity contribution in [2.75, 3.05) is 17.7 Å². The highest BCUT2D eigenvalue weighted by molar-refractivity contribution is 7.79. The minimum absolute atomic E-state index is 0.0939. The second-order valence-corrected chi connectivity index (χ2v) is 6.22. The van der Waals surface area contributed by atoms with Crippen LogP contribution in [0.4, 0.5) is 5.13 Å². The van der Waals surface area contributed by atoms with Crippen LogP contribution in [0.2, 0.25) is 0 Å². The Labute approximate surface area is 128 Å². The summed E-state index contributed by atoms with van der Waals surface area (Å²) in [6.07, 6.45) is 3.92. The van der Waals surface area contributed by atoms with Crippen LogP contribution in [0.3, 0.4) is 0 Å². The van der Waals surface area contributed by atoms with Gasteiger partial charge in [0.15, 0.2) is 16.1 Å². The number of nitrogens with zero attached hydrogens (tertiary/aromatic N) is 4. The van der Waals surface area contributed by atoms with Crippen LogP contribution in [0.5, 0.6) is 0 Å². The van der Waals surface area contributed by atoms with E-state index in [4.69, 9.17) is 4.55 Å². The molecule has 0 bridgehead atoms. The first kappa shape index (κ1) is 15.7. The molecule has 0 aliphatic carbocycles. The van der Waals surface area contributed by atoms with E-state index in [2.05, 4.69) is 15.2 Å². The molecule has 0 saturated heterocycles.